The van der Waals surface area contributed by atoms with Crippen molar-refractivity contribution in [3.63, 3.8) is 0 Å². The lowest BCUT2D eigenvalue weighted by atomic mass is 10.2. The van der Waals surface area contributed by atoms with Crippen molar-refractivity contribution < 1.29 is 14.3 Å². The number of thioether (sulfide) groups is 1. The van der Waals surface area contributed by atoms with Crippen LogP contribution in [0.5, 0.6) is 0 Å². The molecule has 0 heterocycles. The van der Waals surface area contributed by atoms with Gasteiger partial charge in [-0.2, -0.15) is 0 Å². The fourth-order valence-corrected chi connectivity index (χ4v) is 2.30. The quantitative estimate of drug-likeness (QED) is 0.626. The van der Waals surface area contributed by atoms with Crippen molar-refractivity contribution in [2.75, 3.05) is 12.4 Å². The molecule has 19 heavy (non-hydrogen) atoms. The van der Waals surface area contributed by atoms with Gasteiger partial charge in [0, 0.05) is 11.8 Å². The molecule has 0 aliphatic rings. The number of rotatable bonds is 9. The molecule has 1 amide bonds. The van der Waals surface area contributed by atoms with Crippen LogP contribution in [-0.4, -0.2) is 41.6 Å². The van der Waals surface area contributed by atoms with Crippen LogP contribution >= 0.6 is 11.8 Å². The number of carbonyl (C=O) groups is 2. The summed E-state index contributed by atoms with van der Waals surface area (Å²) in [6.45, 7) is 7.97. The van der Waals surface area contributed by atoms with Gasteiger partial charge in [0.25, 0.3) is 0 Å². The molecule has 112 valence electrons. The van der Waals surface area contributed by atoms with Gasteiger partial charge >= 0.3 is 5.97 Å². The molecule has 0 aromatic carbocycles. The number of carbonyl (C=O) groups excluding carboxylic acids is 2. The van der Waals surface area contributed by atoms with Gasteiger partial charge in [0.1, 0.15) is 6.04 Å². The van der Waals surface area contributed by atoms with Crippen LogP contribution in [0.1, 0.15) is 40.5 Å². The van der Waals surface area contributed by atoms with E-state index in [9.17, 15) is 9.59 Å². The van der Waals surface area contributed by atoms with Crippen LogP contribution in [0.2, 0.25) is 0 Å². The van der Waals surface area contributed by atoms with Gasteiger partial charge in [-0.3, -0.25) is 9.59 Å². The minimum atomic E-state index is -0.673. The third-order valence-corrected chi connectivity index (χ3v) is 4.08. The maximum atomic E-state index is 11.9. The Morgan fingerprint density at radius 1 is 1.26 bits per heavy atom. The second kappa shape index (κ2) is 10.1. The van der Waals surface area contributed by atoms with E-state index in [1.54, 1.807) is 6.92 Å². The summed E-state index contributed by atoms with van der Waals surface area (Å²) in [7, 11) is 0. The Kier molecular flexibility index (Phi) is 9.69. The Labute approximate surface area is 120 Å². The smallest absolute Gasteiger partial charge is 0.323 e. The van der Waals surface area contributed by atoms with Gasteiger partial charge in [0.15, 0.2) is 0 Å². The summed E-state index contributed by atoms with van der Waals surface area (Å²) in [4.78, 5) is 23.2. The van der Waals surface area contributed by atoms with E-state index in [1.807, 2.05) is 20.8 Å². The monoisotopic (exact) mass is 290 g/mol. The molecule has 0 radical (unpaired) electrons. The zero-order valence-electron chi connectivity index (χ0n) is 12.3. The highest BCUT2D eigenvalue weighted by Crippen LogP contribution is 2.12. The Hall–Kier alpha value is -0.750. The fraction of sp³-hybridized carbons (Fsp3) is 0.846. The summed E-state index contributed by atoms with van der Waals surface area (Å²) in [5.41, 5.74) is 5.68. The second-order valence-corrected chi connectivity index (χ2v) is 5.73. The summed E-state index contributed by atoms with van der Waals surface area (Å²) in [5, 5.41) is 2.76. The van der Waals surface area contributed by atoms with E-state index in [0.717, 1.165) is 12.8 Å². The molecule has 6 heteroatoms. The standard InChI is InChI=1S/C13H26N2O3S/c1-5-10(6-2)15-12(16)9(4)19-8-11(14)13(17)18-7-3/h9-11H,5-8,14H2,1-4H3,(H,15,16). The van der Waals surface area contributed by atoms with E-state index in [2.05, 4.69) is 5.32 Å². The molecule has 0 aromatic heterocycles. The van der Waals surface area contributed by atoms with Gasteiger partial charge in [-0.1, -0.05) is 13.8 Å². The Bertz CT molecular complexity index is 283. The molecule has 0 bridgehead atoms. The van der Waals surface area contributed by atoms with E-state index in [1.165, 1.54) is 11.8 Å². The molecule has 0 saturated carbocycles. The predicted octanol–water partition coefficient (Wildman–Crippen LogP) is 1.30. The van der Waals surface area contributed by atoms with E-state index in [0.29, 0.717) is 12.4 Å². The van der Waals surface area contributed by atoms with E-state index in [4.69, 9.17) is 10.5 Å². The predicted molar refractivity (Wildman–Crippen MR) is 79.0 cm³/mol. The molecule has 2 atom stereocenters. The summed E-state index contributed by atoms with van der Waals surface area (Å²) in [5.74, 6) is -0.0339. The first kappa shape index (κ1) is 18.2. The van der Waals surface area contributed by atoms with Gasteiger partial charge in [-0.25, -0.2) is 0 Å². The number of ether oxygens (including phenoxy) is 1. The maximum Gasteiger partial charge on any atom is 0.323 e. The average molecular weight is 290 g/mol. The van der Waals surface area contributed by atoms with Crippen LogP contribution in [0, 0.1) is 0 Å². The number of nitrogens with two attached hydrogens (primary N) is 1. The van der Waals surface area contributed by atoms with Crippen molar-refractivity contribution in [2.45, 2.75) is 57.9 Å². The molecular formula is C13H26N2O3S. The third-order valence-electron chi connectivity index (χ3n) is 2.82. The molecule has 0 aromatic rings. The number of hydrogen-bond acceptors (Lipinski definition) is 5. The number of nitrogens with one attached hydrogen (secondary N) is 1. The van der Waals surface area contributed by atoms with Crippen molar-refractivity contribution >= 4 is 23.6 Å². The second-order valence-electron chi connectivity index (χ2n) is 4.36. The first-order valence-corrected chi connectivity index (χ1v) is 7.85. The molecule has 3 N–H and O–H groups in total. The first-order valence-electron chi connectivity index (χ1n) is 6.80. The minimum Gasteiger partial charge on any atom is -0.465 e. The third kappa shape index (κ3) is 7.42. The summed E-state index contributed by atoms with van der Waals surface area (Å²) < 4.78 is 4.82. The molecule has 0 fully saturated rings. The van der Waals surface area contributed by atoms with Gasteiger partial charge < -0.3 is 15.8 Å². The van der Waals surface area contributed by atoms with Crippen LogP contribution in [-0.2, 0) is 14.3 Å². The molecule has 0 rings (SSSR count). The van der Waals surface area contributed by atoms with Gasteiger partial charge in [0.2, 0.25) is 5.91 Å². The molecule has 2 unspecified atom stereocenters. The Balaban J connectivity index is 4.05. The Morgan fingerprint density at radius 3 is 2.32 bits per heavy atom. The minimum absolute atomic E-state index is 0.00485. The van der Waals surface area contributed by atoms with Gasteiger partial charge in [-0.05, 0) is 26.7 Å². The van der Waals surface area contributed by atoms with Crippen LogP contribution in [0.15, 0.2) is 0 Å². The van der Waals surface area contributed by atoms with Crippen LogP contribution in [0.3, 0.4) is 0 Å². The van der Waals surface area contributed by atoms with E-state index >= 15 is 0 Å². The van der Waals surface area contributed by atoms with Crippen molar-refractivity contribution in [1.29, 1.82) is 0 Å². The molecule has 0 aliphatic carbocycles. The lowest BCUT2D eigenvalue weighted by molar-refractivity contribution is -0.144. The zero-order chi connectivity index (χ0) is 14.8. The zero-order valence-corrected chi connectivity index (χ0v) is 13.1. The number of amides is 1. The number of esters is 1. The van der Waals surface area contributed by atoms with E-state index in [-0.39, 0.29) is 17.2 Å². The molecule has 0 spiro atoms. The molecule has 0 aliphatic heterocycles. The molecular weight excluding hydrogens is 264 g/mol. The first-order chi connectivity index (χ1) is 8.96. The topological polar surface area (TPSA) is 81.4 Å². The summed E-state index contributed by atoms with van der Waals surface area (Å²) in [6.07, 6.45) is 1.84. The molecule has 0 saturated heterocycles. The van der Waals surface area contributed by atoms with Crippen molar-refractivity contribution in [2.24, 2.45) is 5.73 Å². The van der Waals surface area contributed by atoms with Crippen molar-refractivity contribution in [3.05, 3.63) is 0 Å². The summed E-state index contributed by atoms with van der Waals surface area (Å²) in [6, 6.07) is -0.456. The lowest BCUT2D eigenvalue weighted by Gasteiger charge is -2.19. The SMILES string of the molecule is CCOC(=O)C(N)CSC(C)C(=O)NC(CC)CC. The highest BCUT2D eigenvalue weighted by Gasteiger charge is 2.20. The molecule has 5 nitrogen and oxygen atoms in total. The highest BCUT2D eigenvalue weighted by atomic mass is 32.2. The van der Waals surface area contributed by atoms with Crippen LogP contribution < -0.4 is 11.1 Å². The van der Waals surface area contributed by atoms with E-state index < -0.39 is 12.0 Å². The van der Waals surface area contributed by atoms with Crippen molar-refractivity contribution in [3.8, 4) is 0 Å². The average Bonchev–Trinajstić information content (AvgIpc) is 2.41. The lowest BCUT2D eigenvalue weighted by Crippen LogP contribution is -2.40. The van der Waals surface area contributed by atoms with Crippen LogP contribution in [0.4, 0.5) is 0 Å². The van der Waals surface area contributed by atoms with Crippen LogP contribution in [0.25, 0.3) is 0 Å². The van der Waals surface area contributed by atoms with Gasteiger partial charge in [0.05, 0.1) is 11.9 Å². The Morgan fingerprint density at radius 2 is 1.84 bits per heavy atom. The van der Waals surface area contributed by atoms with Gasteiger partial charge in [-0.15, -0.1) is 11.8 Å². The highest BCUT2D eigenvalue weighted by molar-refractivity contribution is 8.00. The summed E-state index contributed by atoms with van der Waals surface area (Å²) >= 11 is 1.37. The maximum absolute atomic E-state index is 11.9. The normalized spacial score (nSPS) is 14.0. The largest absolute Gasteiger partial charge is 0.465 e. The number of hydrogen-bond donors (Lipinski definition) is 2. The van der Waals surface area contributed by atoms with Crippen molar-refractivity contribution in [1.82, 2.24) is 5.32 Å². The fourth-order valence-electron chi connectivity index (χ4n) is 1.45.